The average molecular weight is 361 g/mol. The van der Waals surface area contributed by atoms with Gasteiger partial charge >= 0.3 is 0 Å². The Morgan fingerprint density at radius 3 is 2.56 bits per heavy atom. The van der Waals surface area contributed by atoms with Crippen LogP contribution < -0.4 is 20.9 Å². The minimum atomic E-state index is -0.132. The first-order chi connectivity index (χ1) is 12.1. The van der Waals surface area contributed by atoms with Crippen LogP contribution >= 0.6 is 11.6 Å². The Kier molecular flexibility index (Phi) is 7.48. The molecule has 0 aliphatic heterocycles. The van der Waals surface area contributed by atoms with Gasteiger partial charge in [-0.25, -0.2) is 0 Å². The van der Waals surface area contributed by atoms with Gasteiger partial charge < -0.3 is 20.9 Å². The maximum Gasteiger partial charge on any atom is 0.142 e. The van der Waals surface area contributed by atoms with Gasteiger partial charge in [-0.1, -0.05) is 29.8 Å². The molecule has 0 spiro atoms. The van der Waals surface area contributed by atoms with Crippen molar-refractivity contribution in [3.8, 4) is 11.5 Å². The molecule has 0 aliphatic rings. The Morgan fingerprint density at radius 2 is 1.84 bits per heavy atom. The van der Waals surface area contributed by atoms with E-state index >= 15 is 0 Å². The van der Waals surface area contributed by atoms with Crippen molar-refractivity contribution in [3.05, 3.63) is 60.1 Å². The molecule has 4 nitrogen and oxygen atoms in total. The van der Waals surface area contributed by atoms with Gasteiger partial charge in [-0.3, -0.25) is 0 Å². The molecule has 0 radical (unpaired) electrons. The molecule has 4 N–H and O–H groups in total. The number of nitrogens with two attached hydrogens (primary N) is 2. The van der Waals surface area contributed by atoms with Crippen molar-refractivity contribution in [2.45, 2.75) is 31.8 Å². The van der Waals surface area contributed by atoms with Crippen molar-refractivity contribution in [2.75, 3.05) is 18.1 Å². The third-order valence-electron chi connectivity index (χ3n) is 3.79. The molecule has 2 rings (SSSR count). The van der Waals surface area contributed by atoms with E-state index < -0.39 is 0 Å². The van der Waals surface area contributed by atoms with Crippen LogP contribution in [0.4, 0.5) is 11.4 Å². The smallest absolute Gasteiger partial charge is 0.142 e. The molecule has 2 aromatic rings. The van der Waals surface area contributed by atoms with Gasteiger partial charge in [0.05, 0.1) is 11.4 Å². The van der Waals surface area contributed by atoms with Crippen LogP contribution in [0.1, 0.15) is 25.7 Å². The summed E-state index contributed by atoms with van der Waals surface area (Å²) in [6.07, 6.45) is 5.71. The second kappa shape index (κ2) is 9.84. The topological polar surface area (TPSA) is 70.5 Å². The molecule has 5 heteroatoms. The van der Waals surface area contributed by atoms with E-state index in [-0.39, 0.29) is 6.10 Å². The number of allylic oxidation sites excluding steroid dienone is 1. The molecule has 0 amide bonds. The van der Waals surface area contributed by atoms with Crippen LogP contribution in [0, 0.1) is 0 Å². The quantitative estimate of drug-likeness (QED) is 0.352. The van der Waals surface area contributed by atoms with Gasteiger partial charge in [-0.05, 0) is 56.0 Å². The monoisotopic (exact) mass is 360 g/mol. The number of ether oxygens (including phenoxy) is 2. The predicted molar refractivity (Wildman–Crippen MR) is 105 cm³/mol. The molecule has 0 saturated carbocycles. The summed E-state index contributed by atoms with van der Waals surface area (Å²) in [5.74, 6) is 1.27. The molecule has 1 unspecified atom stereocenters. The Balaban J connectivity index is 2.01. The Labute approximate surface area is 154 Å². The first-order valence-electron chi connectivity index (χ1n) is 8.40. The maximum atomic E-state index is 6.07. The van der Waals surface area contributed by atoms with Crippen LogP contribution in [-0.2, 0) is 0 Å². The molecular weight excluding hydrogens is 336 g/mol. The van der Waals surface area contributed by atoms with E-state index in [0.29, 0.717) is 34.5 Å². The highest BCUT2D eigenvalue weighted by atomic mass is 35.5. The van der Waals surface area contributed by atoms with Gasteiger partial charge in [0, 0.05) is 5.02 Å². The van der Waals surface area contributed by atoms with Gasteiger partial charge in [0.2, 0.25) is 0 Å². The summed E-state index contributed by atoms with van der Waals surface area (Å²) in [6.45, 7) is 4.14. The lowest BCUT2D eigenvalue weighted by Gasteiger charge is -2.21. The third kappa shape index (κ3) is 6.24. The minimum Gasteiger partial charge on any atom is -0.488 e. The van der Waals surface area contributed by atoms with E-state index in [9.17, 15) is 0 Å². The summed E-state index contributed by atoms with van der Waals surface area (Å²) < 4.78 is 11.9. The molecule has 0 aromatic heterocycles. The highest BCUT2D eigenvalue weighted by Crippen LogP contribution is 2.27. The van der Waals surface area contributed by atoms with Crippen molar-refractivity contribution in [1.82, 2.24) is 0 Å². The van der Waals surface area contributed by atoms with Crippen molar-refractivity contribution >= 4 is 23.0 Å². The first-order valence-corrected chi connectivity index (χ1v) is 8.78. The molecule has 0 aliphatic carbocycles. The predicted octanol–water partition coefficient (Wildman–Crippen LogP) is 5.08. The van der Waals surface area contributed by atoms with Gasteiger partial charge in [-0.2, -0.15) is 0 Å². The summed E-state index contributed by atoms with van der Waals surface area (Å²) in [4.78, 5) is 0. The number of hydrogen-bond donors (Lipinski definition) is 2. The molecule has 0 bridgehead atoms. The second-order valence-electron chi connectivity index (χ2n) is 5.84. The van der Waals surface area contributed by atoms with Crippen molar-refractivity contribution < 1.29 is 9.47 Å². The zero-order valence-corrected chi connectivity index (χ0v) is 15.0. The van der Waals surface area contributed by atoms with Crippen LogP contribution in [-0.4, -0.2) is 12.7 Å². The number of nitrogen functional groups attached to an aromatic ring is 2. The summed E-state index contributed by atoms with van der Waals surface area (Å²) in [5.41, 5.74) is 13.0. The number of anilines is 2. The highest BCUT2D eigenvalue weighted by Gasteiger charge is 2.14. The lowest BCUT2D eigenvalue weighted by Crippen LogP contribution is -2.25. The Morgan fingerprint density at radius 1 is 1.04 bits per heavy atom. The largest absolute Gasteiger partial charge is 0.488 e. The molecule has 134 valence electrons. The minimum absolute atomic E-state index is 0.132. The third-order valence-corrected chi connectivity index (χ3v) is 4.03. The van der Waals surface area contributed by atoms with Gasteiger partial charge in [0.25, 0.3) is 0 Å². The summed E-state index contributed by atoms with van der Waals surface area (Å²) in [6, 6.07) is 12.7. The Bertz CT molecular complexity index is 691. The van der Waals surface area contributed by atoms with E-state index in [1.165, 1.54) is 0 Å². The lowest BCUT2D eigenvalue weighted by molar-refractivity contribution is 0.120. The molecule has 0 heterocycles. The number of benzene rings is 2. The van der Waals surface area contributed by atoms with Crippen LogP contribution in [0.5, 0.6) is 11.5 Å². The summed E-state index contributed by atoms with van der Waals surface area (Å²) in [7, 11) is 0. The van der Waals surface area contributed by atoms with E-state index in [1.807, 2.05) is 30.3 Å². The number of unbranched alkanes of at least 4 members (excludes halogenated alkanes) is 2. The number of hydrogen-bond acceptors (Lipinski definition) is 4. The van der Waals surface area contributed by atoms with Crippen LogP contribution in [0.15, 0.2) is 55.1 Å². The summed E-state index contributed by atoms with van der Waals surface area (Å²) in [5, 5.41) is 0.584. The SMILES string of the molecule is C=CCCCCC(COc1ccccc1N)Oc1ccc(Cl)cc1N. The molecule has 1 atom stereocenters. The van der Waals surface area contributed by atoms with Crippen molar-refractivity contribution in [2.24, 2.45) is 0 Å². The van der Waals surface area contributed by atoms with Crippen LogP contribution in [0.25, 0.3) is 0 Å². The zero-order valence-electron chi connectivity index (χ0n) is 14.3. The van der Waals surface area contributed by atoms with Gasteiger partial charge in [0.15, 0.2) is 0 Å². The fourth-order valence-corrected chi connectivity index (χ4v) is 2.62. The summed E-state index contributed by atoms with van der Waals surface area (Å²) >= 11 is 5.95. The molecule has 25 heavy (non-hydrogen) atoms. The fourth-order valence-electron chi connectivity index (χ4n) is 2.44. The number of rotatable bonds is 10. The standard InChI is InChI=1S/C20H25ClN2O2/c1-2-3-4-5-8-16(14-24-19-10-7-6-9-17(19)22)25-20-12-11-15(21)13-18(20)23/h2,6-7,9-13,16H,1,3-5,8,14,22-23H2. The zero-order chi connectivity index (χ0) is 18.1. The Hall–Kier alpha value is -2.33. The van der Waals surface area contributed by atoms with Crippen LogP contribution in [0.3, 0.4) is 0 Å². The van der Waals surface area contributed by atoms with Gasteiger partial charge in [-0.15, -0.1) is 6.58 Å². The van der Waals surface area contributed by atoms with Crippen LogP contribution in [0.2, 0.25) is 5.02 Å². The molecule has 2 aromatic carbocycles. The van der Waals surface area contributed by atoms with E-state index in [4.69, 9.17) is 32.5 Å². The first kappa shape index (κ1) is 19.0. The average Bonchev–Trinajstić information content (AvgIpc) is 2.59. The molecular formula is C20H25ClN2O2. The fraction of sp³-hybridized carbons (Fsp3) is 0.300. The lowest BCUT2D eigenvalue weighted by atomic mass is 10.1. The van der Waals surface area contributed by atoms with E-state index in [0.717, 1.165) is 25.7 Å². The van der Waals surface area contributed by atoms with Crippen molar-refractivity contribution in [3.63, 3.8) is 0 Å². The van der Waals surface area contributed by atoms with Crippen molar-refractivity contribution in [1.29, 1.82) is 0 Å². The number of para-hydroxylation sites is 2. The highest BCUT2D eigenvalue weighted by molar-refractivity contribution is 6.30. The molecule has 0 fully saturated rings. The maximum absolute atomic E-state index is 6.07. The van der Waals surface area contributed by atoms with Gasteiger partial charge in [0.1, 0.15) is 24.2 Å². The van der Waals surface area contributed by atoms with E-state index in [1.54, 1.807) is 18.2 Å². The number of halogens is 1. The normalized spacial score (nSPS) is 11.7. The van der Waals surface area contributed by atoms with E-state index in [2.05, 4.69) is 6.58 Å². The molecule has 0 saturated heterocycles. The second-order valence-corrected chi connectivity index (χ2v) is 6.28.